The van der Waals surface area contributed by atoms with Gasteiger partial charge in [0.25, 0.3) is 5.91 Å². The summed E-state index contributed by atoms with van der Waals surface area (Å²) in [6.45, 7) is 3.91. The Bertz CT molecular complexity index is 885. The number of hydrogen-bond acceptors (Lipinski definition) is 4. The Labute approximate surface area is 146 Å². The molecule has 1 N–H and O–H groups in total. The molecule has 25 heavy (non-hydrogen) atoms. The van der Waals surface area contributed by atoms with Gasteiger partial charge in [-0.1, -0.05) is 30.3 Å². The summed E-state index contributed by atoms with van der Waals surface area (Å²) in [5, 5.41) is 11.0. The van der Waals surface area contributed by atoms with Crippen LogP contribution >= 0.6 is 0 Å². The number of aromatic nitrogens is 3. The molecule has 0 radical (unpaired) electrons. The summed E-state index contributed by atoms with van der Waals surface area (Å²) in [5.74, 6) is 0.435. The molecular formula is C19H20N4O2. The van der Waals surface area contributed by atoms with E-state index in [1.54, 1.807) is 11.8 Å². The third kappa shape index (κ3) is 3.52. The van der Waals surface area contributed by atoms with Crippen molar-refractivity contribution in [2.45, 2.75) is 20.3 Å². The van der Waals surface area contributed by atoms with E-state index in [1.807, 2.05) is 55.5 Å². The van der Waals surface area contributed by atoms with Crippen molar-refractivity contribution in [3.05, 3.63) is 65.5 Å². The fraction of sp³-hybridized carbons (Fsp3) is 0.211. The Morgan fingerprint density at radius 1 is 1.20 bits per heavy atom. The van der Waals surface area contributed by atoms with E-state index in [-0.39, 0.29) is 5.91 Å². The number of amides is 1. The minimum atomic E-state index is -0.282. The maximum absolute atomic E-state index is 12.5. The summed E-state index contributed by atoms with van der Waals surface area (Å²) >= 11 is 0. The summed E-state index contributed by atoms with van der Waals surface area (Å²) < 4.78 is 6.85. The smallest absolute Gasteiger partial charge is 0.278 e. The van der Waals surface area contributed by atoms with Crippen molar-refractivity contribution in [1.82, 2.24) is 15.0 Å². The first-order valence-corrected chi connectivity index (χ1v) is 8.09. The highest BCUT2D eigenvalue weighted by Crippen LogP contribution is 2.19. The van der Waals surface area contributed by atoms with Crippen LogP contribution in [0.15, 0.2) is 48.5 Å². The lowest BCUT2D eigenvalue weighted by Gasteiger charge is -2.07. The minimum absolute atomic E-state index is 0.282. The van der Waals surface area contributed by atoms with Gasteiger partial charge in [-0.3, -0.25) is 4.79 Å². The third-order valence-electron chi connectivity index (χ3n) is 4.03. The third-order valence-corrected chi connectivity index (χ3v) is 4.03. The van der Waals surface area contributed by atoms with E-state index in [1.165, 1.54) is 5.56 Å². The first kappa shape index (κ1) is 16.7. The van der Waals surface area contributed by atoms with Gasteiger partial charge in [-0.25, -0.2) is 4.68 Å². The van der Waals surface area contributed by atoms with Crippen LogP contribution in [0, 0.1) is 6.92 Å². The van der Waals surface area contributed by atoms with Crippen molar-refractivity contribution < 1.29 is 9.53 Å². The zero-order chi connectivity index (χ0) is 17.8. The lowest BCUT2D eigenvalue weighted by Crippen LogP contribution is -2.14. The Morgan fingerprint density at radius 3 is 2.64 bits per heavy atom. The predicted molar refractivity (Wildman–Crippen MR) is 96.4 cm³/mol. The van der Waals surface area contributed by atoms with E-state index in [0.717, 1.165) is 23.5 Å². The molecule has 0 spiro atoms. The number of benzene rings is 2. The topological polar surface area (TPSA) is 69.0 Å². The molecule has 1 heterocycles. The Hall–Kier alpha value is -3.15. The van der Waals surface area contributed by atoms with Crippen LogP contribution in [-0.2, 0) is 6.42 Å². The Balaban J connectivity index is 1.83. The second-order valence-electron chi connectivity index (χ2n) is 5.64. The quantitative estimate of drug-likeness (QED) is 0.775. The first-order valence-electron chi connectivity index (χ1n) is 8.09. The number of hydrogen-bond donors (Lipinski definition) is 1. The van der Waals surface area contributed by atoms with Gasteiger partial charge in [0, 0.05) is 11.8 Å². The summed E-state index contributed by atoms with van der Waals surface area (Å²) in [4.78, 5) is 12.5. The predicted octanol–water partition coefficient (Wildman–Crippen LogP) is 3.40. The van der Waals surface area contributed by atoms with Crippen LogP contribution in [0.2, 0.25) is 0 Å². The zero-order valence-corrected chi connectivity index (χ0v) is 14.5. The van der Waals surface area contributed by atoms with Crippen LogP contribution in [-0.4, -0.2) is 28.0 Å². The van der Waals surface area contributed by atoms with Gasteiger partial charge >= 0.3 is 0 Å². The molecule has 0 saturated heterocycles. The molecule has 0 saturated carbocycles. The number of nitrogens with one attached hydrogen (secondary N) is 1. The second-order valence-corrected chi connectivity index (χ2v) is 5.64. The van der Waals surface area contributed by atoms with Gasteiger partial charge in [0.05, 0.1) is 18.5 Å². The Morgan fingerprint density at radius 2 is 1.96 bits per heavy atom. The molecule has 1 aromatic heterocycles. The molecule has 2 aromatic carbocycles. The van der Waals surface area contributed by atoms with Crippen molar-refractivity contribution in [2.24, 2.45) is 0 Å². The molecule has 6 heteroatoms. The van der Waals surface area contributed by atoms with E-state index in [2.05, 4.69) is 22.6 Å². The Kier molecular flexibility index (Phi) is 4.79. The van der Waals surface area contributed by atoms with E-state index >= 15 is 0 Å². The fourth-order valence-electron chi connectivity index (χ4n) is 2.54. The summed E-state index contributed by atoms with van der Waals surface area (Å²) in [5.41, 5.74) is 3.70. The number of rotatable bonds is 5. The standard InChI is InChI=1S/C19H20N4O2/c1-4-14-8-10-15(11-9-14)20-19(24)18-13(2)23(22-21-18)16-6-5-7-17(12-16)25-3/h5-12H,4H2,1-3H3,(H,20,24). The lowest BCUT2D eigenvalue weighted by molar-refractivity contribution is 0.102. The van der Waals surface area contributed by atoms with Crippen molar-refractivity contribution in [2.75, 3.05) is 12.4 Å². The minimum Gasteiger partial charge on any atom is -0.497 e. The molecule has 0 fully saturated rings. The summed E-state index contributed by atoms with van der Waals surface area (Å²) in [6, 6.07) is 15.2. The van der Waals surface area contributed by atoms with Gasteiger partial charge in [-0.2, -0.15) is 0 Å². The number of aryl methyl sites for hydroxylation is 1. The van der Waals surface area contributed by atoms with E-state index in [9.17, 15) is 4.79 Å². The number of methoxy groups -OCH3 is 1. The highest BCUT2D eigenvalue weighted by atomic mass is 16.5. The molecule has 0 unspecified atom stereocenters. The average molecular weight is 336 g/mol. The van der Waals surface area contributed by atoms with Crippen LogP contribution in [0.4, 0.5) is 5.69 Å². The molecule has 1 amide bonds. The van der Waals surface area contributed by atoms with Gasteiger partial charge in [0.1, 0.15) is 5.75 Å². The van der Waals surface area contributed by atoms with Crippen molar-refractivity contribution in [3.63, 3.8) is 0 Å². The largest absolute Gasteiger partial charge is 0.497 e. The molecule has 0 atom stereocenters. The lowest BCUT2D eigenvalue weighted by atomic mass is 10.1. The van der Waals surface area contributed by atoms with Gasteiger partial charge in [0.2, 0.25) is 0 Å². The molecule has 3 aromatic rings. The molecule has 3 rings (SSSR count). The molecule has 128 valence electrons. The van der Waals surface area contributed by atoms with Gasteiger partial charge in [-0.05, 0) is 43.2 Å². The summed E-state index contributed by atoms with van der Waals surface area (Å²) in [6.07, 6.45) is 0.961. The first-order chi connectivity index (χ1) is 12.1. The SMILES string of the molecule is CCc1ccc(NC(=O)c2nnn(-c3cccc(OC)c3)c2C)cc1. The number of carbonyl (C=O) groups is 1. The molecule has 0 aliphatic rings. The average Bonchev–Trinajstić information content (AvgIpc) is 3.04. The van der Waals surface area contributed by atoms with Crippen molar-refractivity contribution in [3.8, 4) is 11.4 Å². The highest BCUT2D eigenvalue weighted by Gasteiger charge is 2.17. The summed E-state index contributed by atoms with van der Waals surface area (Å²) in [7, 11) is 1.61. The normalized spacial score (nSPS) is 10.5. The van der Waals surface area contributed by atoms with Crippen molar-refractivity contribution in [1.29, 1.82) is 0 Å². The molecular weight excluding hydrogens is 316 g/mol. The second kappa shape index (κ2) is 7.17. The van der Waals surface area contributed by atoms with Crippen LogP contribution in [0.5, 0.6) is 5.75 Å². The number of anilines is 1. The van der Waals surface area contributed by atoms with Gasteiger partial charge < -0.3 is 10.1 Å². The van der Waals surface area contributed by atoms with Gasteiger partial charge in [0.15, 0.2) is 5.69 Å². The number of nitrogens with zero attached hydrogens (tertiary/aromatic N) is 3. The van der Waals surface area contributed by atoms with Gasteiger partial charge in [-0.15, -0.1) is 5.10 Å². The number of carbonyl (C=O) groups excluding carboxylic acids is 1. The molecule has 0 bridgehead atoms. The monoisotopic (exact) mass is 336 g/mol. The zero-order valence-electron chi connectivity index (χ0n) is 14.5. The van der Waals surface area contributed by atoms with Crippen LogP contribution in [0.3, 0.4) is 0 Å². The van der Waals surface area contributed by atoms with Crippen LogP contribution in [0.1, 0.15) is 28.7 Å². The maximum Gasteiger partial charge on any atom is 0.278 e. The van der Waals surface area contributed by atoms with E-state index in [0.29, 0.717) is 11.4 Å². The fourth-order valence-corrected chi connectivity index (χ4v) is 2.54. The maximum atomic E-state index is 12.5. The molecule has 6 nitrogen and oxygen atoms in total. The van der Waals surface area contributed by atoms with Crippen LogP contribution < -0.4 is 10.1 Å². The van der Waals surface area contributed by atoms with E-state index < -0.39 is 0 Å². The molecule has 0 aliphatic carbocycles. The highest BCUT2D eigenvalue weighted by molar-refractivity contribution is 6.03. The van der Waals surface area contributed by atoms with Crippen LogP contribution in [0.25, 0.3) is 5.69 Å². The van der Waals surface area contributed by atoms with E-state index in [4.69, 9.17) is 4.74 Å². The van der Waals surface area contributed by atoms with Crippen molar-refractivity contribution >= 4 is 11.6 Å². The molecule has 0 aliphatic heterocycles. The number of ether oxygens (including phenoxy) is 1.